The molecule has 0 bridgehead atoms. The number of amides is 2. The van der Waals surface area contributed by atoms with Crippen LogP contribution in [0.2, 0.25) is 0 Å². The highest BCUT2D eigenvalue weighted by molar-refractivity contribution is 6.00. The van der Waals surface area contributed by atoms with Crippen molar-refractivity contribution in [3.8, 4) is 11.4 Å². The first-order chi connectivity index (χ1) is 15.9. The van der Waals surface area contributed by atoms with E-state index in [1.807, 2.05) is 68.1 Å². The molecule has 7 nitrogen and oxygen atoms in total. The molecular formula is C26H28N4O3. The van der Waals surface area contributed by atoms with Gasteiger partial charge in [0.1, 0.15) is 6.04 Å². The zero-order valence-electron chi connectivity index (χ0n) is 19.2. The Morgan fingerprint density at radius 2 is 1.85 bits per heavy atom. The molecule has 33 heavy (non-hydrogen) atoms. The highest BCUT2D eigenvalue weighted by Crippen LogP contribution is 2.35. The first kappa shape index (κ1) is 21.4. The SMILES string of the molecule is Cc1ccc(-c2noc([C@@H]3CCCN3C(=O)[C@H]3CC(=O)N(c4ccc(C)c(C)c4)C3)n2)cc1. The predicted molar refractivity (Wildman–Crippen MR) is 125 cm³/mol. The Labute approximate surface area is 193 Å². The molecule has 170 valence electrons. The molecule has 0 unspecified atom stereocenters. The van der Waals surface area contributed by atoms with E-state index in [2.05, 4.69) is 10.1 Å². The van der Waals surface area contributed by atoms with Crippen molar-refractivity contribution in [2.75, 3.05) is 18.0 Å². The number of likely N-dealkylation sites (tertiary alicyclic amines) is 1. The lowest BCUT2D eigenvalue weighted by atomic mass is 10.1. The van der Waals surface area contributed by atoms with Crippen molar-refractivity contribution in [1.82, 2.24) is 15.0 Å². The number of aryl methyl sites for hydroxylation is 3. The van der Waals surface area contributed by atoms with E-state index < -0.39 is 0 Å². The van der Waals surface area contributed by atoms with E-state index in [-0.39, 0.29) is 30.2 Å². The van der Waals surface area contributed by atoms with Crippen molar-refractivity contribution >= 4 is 17.5 Å². The fourth-order valence-corrected chi connectivity index (χ4v) is 4.73. The highest BCUT2D eigenvalue weighted by Gasteiger charge is 2.42. The van der Waals surface area contributed by atoms with Crippen molar-refractivity contribution in [1.29, 1.82) is 0 Å². The summed E-state index contributed by atoms with van der Waals surface area (Å²) < 4.78 is 5.58. The number of rotatable bonds is 4. The van der Waals surface area contributed by atoms with Crippen LogP contribution in [-0.2, 0) is 9.59 Å². The summed E-state index contributed by atoms with van der Waals surface area (Å²) in [6.45, 7) is 7.16. The van der Waals surface area contributed by atoms with Crippen LogP contribution in [0.5, 0.6) is 0 Å². The van der Waals surface area contributed by atoms with Crippen LogP contribution in [0, 0.1) is 26.7 Å². The van der Waals surface area contributed by atoms with Crippen LogP contribution >= 0.6 is 0 Å². The van der Waals surface area contributed by atoms with Crippen LogP contribution in [0.4, 0.5) is 5.69 Å². The molecule has 2 fully saturated rings. The van der Waals surface area contributed by atoms with E-state index >= 15 is 0 Å². The molecular weight excluding hydrogens is 416 g/mol. The quantitative estimate of drug-likeness (QED) is 0.597. The lowest BCUT2D eigenvalue weighted by molar-refractivity contribution is -0.137. The number of hydrogen-bond acceptors (Lipinski definition) is 5. The minimum absolute atomic E-state index is 0.00716. The maximum Gasteiger partial charge on any atom is 0.249 e. The second-order valence-corrected chi connectivity index (χ2v) is 9.19. The van der Waals surface area contributed by atoms with Gasteiger partial charge in [0, 0.05) is 30.8 Å². The Morgan fingerprint density at radius 3 is 2.61 bits per heavy atom. The highest BCUT2D eigenvalue weighted by atomic mass is 16.5. The number of nitrogens with zero attached hydrogens (tertiary/aromatic N) is 4. The molecule has 2 amide bonds. The average molecular weight is 445 g/mol. The molecule has 2 atom stereocenters. The van der Waals surface area contributed by atoms with Crippen molar-refractivity contribution < 1.29 is 14.1 Å². The van der Waals surface area contributed by atoms with Gasteiger partial charge in [-0.1, -0.05) is 41.1 Å². The van der Waals surface area contributed by atoms with Crippen LogP contribution in [0.1, 0.15) is 47.9 Å². The molecule has 0 aliphatic carbocycles. The number of anilines is 1. The van der Waals surface area contributed by atoms with E-state index in [4.69, 9.17) is 4.52 Å². The average Bonchev–Trinajstić information content (AvgIpc) is 3.55. The Hall–Kier alpha value is -3.48. The van der Waals surface area contributed by atoms with Crippen molar-refractivity contribution in [3.63, 3.8) is 0 Å². The lowest BCUT2D eigenvalue weighted by Crippen LogP contribution is -2.37. The van der Waals surface area contributed by atoms with Crippen LogP contribution < -0.4 is 4.90 Å². The van der Waals surface area contributed by atoms with Gasteiger partial charge in [-0.25, -0.2) is 0 Å². The Morgan fingerprint density at radius 1 is 1.06 bits per heavy atom. The first-order valence-corrected chi connectivity index (χ1v) is 11.5. The molecule has 2 saturated heterocycles. The predicted octanol–water partition coefficient (Wildman–Crippen LogP) is 4.38. The van der Waals surface area contributed by atoms with Gasteiger partial charge in [-0.2, -0.15) is 4.98 Å². The standard InChI is InChI=1S/C26H28N4O3/c1-16-6-9-19(10-7-16)24-27-25(33-28-24)22-5-4-12-29(22)26(32)20-14-23(31)30(15-20)21-11-8-17(2)18(3)13-21/h6-11,13,20,22H,4-5,12,14-15H2,1-3H3/t20-,22-/m0/s1. The normalized spacial score (nSPS) is 20.6. The van der Waals surface area contributed by atoms with E-state index in [1.165, 1.54) is 5.56 Å². The van der Waals surface area contributed by atoms with Crippen molar-refractivity contribution in [3.05, 3.63) is 65.0 Å². The second-order valence-electron chi connectivity index (χ2n) is 9.19. The zero-order valence-corrected chi connectivity index (χ0v) is 19.2. The van der Waals surface area contributed by atoms with Crippen LogP contribution in [0.3, 0.4) is 0 Å². The topological polar surface area (TPSA) is 79.5 Å². The third-order valence-electron chi connectivity index (χ3n) is 6.85. The van der Waals surface area contributed by atoms with Gasteiger partial charge in [-0.15, -0.1) is 0 Å². The molecule has 1 aromatic heterocycles. The fourth-order valence-electron chi connectivity index (χ4n) is 4.73. The summed E-state index contributed by atoms with van der Waals surface area (Å²) in [5, 5.41) is 4.14. The Balaban J connectivity index is 1.32. The number of carbonyl (C=O) groups is 2. The summed E-state index contributed by atoms with van der Waals surface area (Å²) in [4.78, 5) is 34.4. The molecule has 5 rings (SSSR count). The third-order valence-corrected chi connectivity index (χ3v) is 6.85. The van der Waals surface area contributed by atoms with Gasteiger partial charge in [0.15, 0.2) is 0 Å². The molecule has 7 heteroatoms. The van der Waals surface area contributed by atoms with E-state index in [0.29, 0.717) is 24.8 Å². The third kappa shape index (κ3) is 4.03. The maximum atomic E-state index is 13.4. The van der Waals surface area contributed by atoms with Gasteiger partial charge < -0.3 is 14.3 Å². The maximum absolute atomic E-state index is 13.4. The Kier molecular flexibility index (Phi) is 5.48. The van der Waals surface area contributed by atoms with Crippen molar-refractivity contribution in [2.45, 2.75) is 46.1 Å². The minimum Gasteiger partial charge on any atom is -0.337 e. The number of aromatic nitrogens is 2. The molecule has 3 heterocycles. The van der Waals surface area contributed by atoms with Gasteiger partial charge in [0.25, 0.3) is 0 Å². The fraction of sp³-hybridized carbons (Fsp3) is 0.385. The Bertz CT molecular complexity index is 1200. The number of carbonyl (C=O) groups excluding carboxylic acids is 2. The van der Waals surface area contributed by atoms with Crippen molar-refractivity contribution in [2.24, 2.45) is 5.92 Å². The van der Waals surface area contributed by atoms with Gasteiger partial charge in [-0.05, 0) is 56.9 Å². The summed E-state index contributed by atoms with van der Waals surface area (Å²) in [6.07, 6.45) is 1.89. The monoisotopic (exact) mass is 444 g/mol. The van der Waals surface area contributed by atoms with Crippen LogP contribution in [0.25, 0.3) is 11.4 Å². The summed E-state index contributed by atoms with van der Waals surface area (Å²) >= 11 is 0. The minimum atomic E-state index is -0.362. The summed E-state index contributed by atoms with van der Waals surface area (Å²) in [5.41, 5.74) is 5.22. The molecule has 3 aromatic rings. The largest absolute Gasteiger partial charge is 0.337 e. The summed E-state index contributed by atoms with van der Waals surface area (Å²) in [6, 6.07) is 13.7. The van der Waals surface area contributed by atoms with Gasteiger partial charge >= 0.3 is 0 Å². The van der Waals surface area contributed by atoms with Gasteiger partial charge in [0.2, 0.25) is 23.5 Å². The molecule has 0 spiro atoms. The second kappa shape index (κ2) is 8.46. The van der Waals surface area contributed by atoms with E-state index in [9.17, 15) is 9.59 Å². The summed E-state index contributed by atoms with van der Waals surface area (Å²) in [7, 11) is 0. The molecule has 2 aromatic carbocycles. The first-order valence-electron chi connectivity index (χ1n) is 11.5. The number of benzene rings is 2. The molecule has 2 aliphatic heterocycles. The van der Waals surface area contributed by atoms with E-state index in [0.717, 1.165) is 35.2 Å². The molecule has 0 N–H and O–H groups in total. The summed E-state index contributed by atoms with van der Waals surface area (Å²) in [5.74, 6) is 0.617. The van der Waals surface area contributed by atoms with Gasteiger partial charge in [-0.3, -0.25) is 9.59 Å². The number of hydrogen-bond donors (Lipinski definition) is 0. The molecule has 0 radical (unpaired) electrons. The molecule has 0 saturated carbocycles. The van der Waals surface area contributed by atoms with E-state index in [1.54, 1.807) is 4.90 Å². The van der Waals surface area contributed by atoms with Crippen LogP contribution in [0.15, 0.2) is 47.0 Å². The van der Waals surface area contributed by atoms with Gasteiger partial charge in [0.05, 0.1) is 5.92 Å². The molecule has 2 aliphatic rings. The zero-order chi connectivity index (χ0) is 23.1. The lowest BCUT2D eigenvalue weighted by Gasteiger charge is -2.25. The smallest absolute Gasteiger partial charge is 0.249 e. The van der Waals surface area contributed by atoms with Crippen LogP contribution in [-0.4, -0.2) is 39.9 Å².